The van der Waals surface area contributed by atoms with Crippen LogP contribution in [0.15, 0.2) is 60.9 Å². The number of rotatable bonds is 5. The number of nitrogens with one attached hydrogen (secondary N) is 1. The van der Waals surface area contributed by atoms with E-state index < -0.39 is 0 Å². The first kappa shape index (κ1) is 18.6. The maximum Gasteiger partial charge on any atom is 0.258 e. The summed E-state index contributed by atoms with van der Waals surface area (Å²) in [6.45, 7) is 5.84. The zero-order chi connectivity index (χ0) is 20.4. The molecule has 3 heterocycles. The van der Waals surface area contributed by atoms with E-state index in [1.165, 1.54) is 0 Å². The van der Waals surface area contributed by atoms with Crippen LogP contribution in [0, 0.1) is 6.92 Å². The number of fused-ring (bicyclic) bond motifs is 1. The predicted molar refractivity (Wildman–Crippen MR) is 111 cm³/mol. The summed E-state index contributed by atoms with van der Waals surface area (Å²) < 4.78 is 7.57. The number of aromatic nitrogens is 4. The molecule has 0 bridgehead atoms. The highest BCUT2D eigenvalue weighted by Gasteiger charge is 2.14. The molecule has 0 fully saturated rings. The van der Waals surface area contributed by atoms with Gasteiger partial charge >= 0.3 is 0 Å². The summed E-state index contributed by atoms with van der Waals surface area (Å²) in [4.78, 5) is 25.8. The second kappa shape index (κ2) is 7.71. The summed E-state index contributed by atoms with van der Waals surface area (Å²) in [6, 6.07) is 14.6. The Morgan fingerprint density at radius 3 is 2.62 bits per heavy atom. The van der Waals surface area contributed by atoms with Crippen molar-refractivity contribution in [1.82, 2.24) is 19.4 Å². The Morgan fingerprint density at radius 1 is 1.07 bits per heavy atom. The van der Waals surface area contributed by atoms with Crippen LogP contribution in [0.4, 0.5) is 5.95 Å². The third kappa shape index (κ3) is 3.94. The second-order valence-corrected chi connectivity index (χ2v) is 6.89. The lowest BCUT2D eigenvalue weighted by Crippen LogP contribution is -2.14. The SMILES string of the molecule is Cc1nc2ccccn2c1-c1ccnc(NC(=O)c2ccc(OC(C)C)cc2)n1. The third-order valence-corrected chi connectivity index (χ3v) is 4.32. The first-order valence-electron chi connectivity index (χ1n) is 9.36. The highest BCUT2D eigenvalue weighted by atomic mass is 16.5. The number of carbonyl (C=O) groups is 1. The minimum absolute atomic E-state index is 0.0777. The Bertz CT molecular complexity index is 1170. The lowest BCUT2D eigenvalue weighted by molar-refractivity contribution is 0.102. The van der Waals surface area contributed by atoms with E-state index in [2.05, 4.69) is 20.3 Å². The Kier molecular flexibility index (Phi) is 4.95. The average Bonchev–Trinajstić information content (AvgIpc) is 3.04. The monoisotopic (exact) mass is 387 g/mol. The zero-order valence-corrected chi connectivity index (χ0v) is 16.5. The number of hydrogen-bond acceptors (Lipinski definition) is 5. The molecule has 0 radical (unpaired) electrons. The molecule has 0 aliphatic carbocycles. The number of carbonyl (C=O) groups excluding carboxylic acids is 1. The number of amides is 1. The molecule has 0 aliphatic rings. The summed E-state index contributed by atoms with van der Waals surface area (Å²) in [5.41, 5.74) is 3.75. The van der Waals surface area contributed by atoms with Crippen molar-refractivity contribution in [1.29, 1.82) is 0 Å². The number of aryl methyl sites for hydroxylation is 1. The lowest BCUT2D eigenvalue weighted by Gasteiger charge is -2.10. The second-order valence-electron chi connectivity index (χ2n) is 6.89. The summed E-state index contributed by atoms with van der Waals surface area (Å²) >= 11 is 0. The van der Waals surface area contributed by atoms with Crippen molar-refractivity contribution in [3.05, 3.63) is 72.2 Å². The third-order valence-electron chi connectivity index (χ3n) is 4.32. The van der Waals surface area contributed by atoms with Gasteiger partial charge in [0, 0.05) is 18.0 Å². The molecule has 29 heavy (non-hydrogen) atoms. The molecule has 1 aromatic carbocycles. The van der Waals surface area contributed by atoms with Crippen LogP contribution in [0.2, 0.25) is 0 Å². The Hall–Kier alpha value is -3.74. The molecule has 0 atom stereocenters. The fourth-order valence-electron chi connectivity index (χ4n) is 3.10. The lowest BCUT2D eigenvalue weighted by atomic mass is 10.2. The van der Waals surface area contributed by atoms with Crippen molar-refractivity contribution in [2.75, 3.05) is 5.32 Å². The normalized spacial score (nSPS) is 11.0. The van der Waals surface area contributed by atoms with Crippen molar-refractivity contribution in [3.8, 4) is 17.1 Å². The molecule has 7 heteroatoms. The van der Waals surface area contributed by atoms with E-state index in [0.29, 0.717) is 11.3 Å². The first-order chi connectivity index (χ1) is 14.0. The van der Waals surface area contributed by atoms with Gasteiger partial charge in [-0.05, 0) is 63.2 Å². The van der Waals surface area contributed by atoms with Crippen LogP contribution in [-0.2, 0) is 0 Å². The molecule has 3 aromatic heterocycles. The highest BCUT2D eigenvalue weighted by Crippen LogP contribution is 2.23. The van der Waals surface area contributed by atoms with Crippen LogP contribution in [0.1, 0.15) is 29.9 Å². The van der Waals surface area contributed by atoms with E-state index in [4.69, 9.17) is 4.74 Å². The molecule has 4 aromatic rings. The van der Waals surface area contributed by atoms with Crippen molar-refractivity contribution in [2.24, 2.45) is 0 Å². The minimum atomic E-state index is -0.284. The zero-order valence-electron chi connectivity index (χ0n) is 16.5. The molecule has 146 valence electrons. The standard InChI is InChI=1S/C22H21N5O2/c1-14(2)29-17-9-7-16(8-10-17)21(28)26-22-23-12-11-18(25-22)20-15(3)24-19-6-4-5-13-27(19)20/h4-14H,1-3H3,(H,23,25,26,28). The number of ether oxygens (including phenoxy) is 1. The molecular formula is C22H21N5O2. The number of anilines is 1. The fraction of sp³-hybridized carbons (Fsp3) is 0.182. The van der Waals surface area contributed by atoms with Crippen LogP contribution >= 0.6 is 0 Å². The highest BCUT2D eigenvalue weighted by molar-refractivity contribution is 6.03. The Balaban J connectivity index is 1.57. The van der Waals surface area contributed by atoms with E-state index in [0.717, 1.165) is 22.8 Å². The summed E-state index contributed by atoms with van der Waals surface area (Å²) in [5.74, 6) is 0.672. The number of benzene rings is 1. The van der Waals surface area contributed by atoms with Gasteiger partial charge in [-0.1, -0.05) is 6.07 Å². The van der Waals surface area contributed by atoms with Crippen LogP contribution in [-0.4, -0.2) is 31.4 Å². The fourth-order valence-corrected chi connectivity index (χ4v) is 3.10. The number of hydrogen-bond donors (Lipinski definition) is 1. The predicted octanol–water partition coefficient (Wildman–Crippen LogP) is 4.14. The Labute approximate surface area is 168 Å². The molecule has 0 spiro atoms. The van der Waals surface area contributed by atoms with Gasteiger partial charge in [0.15, 0.2) is 0 Å². The van der Waals surface area contributed by atoms with Gasteiger partial charge in [-0.2, -0.15) is 0 Å². The molecule has 0 saturated carbocycles. The van der Waals surface area contributed by atoms with Gasteiger partial charge in [-0.25, -0.2) is 15.0 Å². The molecule has 0 unspecified atom stereocenters. The minimum Gasteiger partial charge on any atom is -0.491 e. The van der Waals surface area contributed by atoms with Crippen molar-refractivity contribution < 1.29 is 9.53 Å². The quantitative estimate of drug-likeness (QED) is 0.557. The average molecular weight is 387 g/mol. The number of nitrogens with zero attached hydrogens (tertiary/aromatic N) is 4. The topological polar surface area (TPSA) is 81.4 Å². The van der Waals surface area contributed by atoms with Crippen LogP contribution in [0.5, 0.6) is 5.75 Å². The van der Waals surface area contributed by atoms with Gasteiger partial charge in [0.2, 0.25) is 5.95 Å². The van der Waals surface area contributed by atoms with Crippen LogP contribution < -0.4 is 10.1 Å². The van der Waals surface area contributed by atoms with Gasteiger partial charge < -0.3 is 4.74 Å². The largest absolute Gasteiger partial charge is 0.491 e. The maximum absolute atomic E-state index is 12.6. The van der Waals surface area contributed by atoms with Gasteiger partial charge in [0.05, 0.1) is 23.2 Å². The molecule has 7 nitrogen and oxygen atoms in total. The number of imidazole rings is 1. The van der Waals surface area contributed by atoms with E-state index >= 15 is 0 Å². The summed E-state index contributed by atoms with van der Waals surface area (Å²) in [6.07, 6.45) is 3.64. The molecule has 1 amide bonds. The molecule has 0 saturated heterocycles. The van der Waals surface area contributed by atoms with Gasteiger partial charge in [-0.3, -0.25) is 14.5 Å². The van der Waals surface area contributed by atoms with E-state index in [1.807, 2.05) is 49.6 Å². The van der Waals surface area contributed by atoms with Gasteiger partial charge in [0.25, 0.3) is 5.91 Å². The summed E-state index contributed by atoms with van der Waals surface area (Å²) in [7, 11) is 0. The molecule has 4 rings (SSSR count). The molecule has 0 aliphatic heterocycles. The van der Waals surface area contributed by atoms with Crippen molar-refractivity contribution in [3.63, 3.8) is 0 Å². The van der Waals surface area contributed by atoms with E-state index in [1.54, 1.807) is 36.5 Å². The van der Waals surface area contributed by atoms with Crippen molar-refractivity contribution >= 4 is 17.5 Å². The van der Waals surface area contributed by atoms with E-state index in [9.17, 15) is 4.79 Å². The van der Waals surface area contributed by atoms with Gasteiger partial charge in [0.1, 0.15) is 11.4 Å². The van der Waals surface area contributed by atoms with E-state index in [-0.39, 0.29) is 18.0 Å². The van der Waals surface area contributed by atoms with Crippen molar-refractivity contribution in [2.45, 2.75) is 26.9 Å². The maximum atomic E-state index is 12.6. The summed E-state index contributed by atoms with van der Waals surface area (Å²) in [5, 5.41) is 2.76. The smallest absolute Gasteiger partial charge is 0.258 e. The Morgan fingerprint density at radius 2 is 1.86 bits per heavy atom. The number of pyridine rings is 1. The van der Waals surface area contributed by atoms with Crippen LogP contribution in [0.3, 0.4) is 0 Å². The molecular weight excluding hydrogens is 366 g/mol. The first-order valence-corrected chi connectivity index (χ1v) is 9.36. The van der Waals surface area contributed by atoms with Crippen LogP contribution in [0.25, 0.3) is 17.0 Å². The van der Waals surface area contributed by atoms with Gasteiger partial charge in [-0.15, -0.1) is 0 Å². The molecule has 1 N–H and O–H groups in total.